The van der Waals surface area contributed by atoms with Crippen molar-refractivity contribution in [3.8, 4) is 0 Å². The van der Waals surface area contributed by atoms with Crippen LogP contribution in [0.1, 0.15) is 16.8 Å². The van der Waals surface area contributed by atoms with E-state index in [4.69, 9.17) is 9.84 Å². The van der Waals surface area contributed by atoms with Crippen LogP contribution in [0.5, 0.6) is 0 Å². The largest absolute Gasteiger partial charge is 0.452 e. The van der Waals surface area contributed by atoms with Crippen LogP contribution in [0.2, 0.25) is 0 Å². The second-order valence-corrected chi connectivity index (χ2v) is 8.06. The molecule has 1 atom stereocenters. The molecule has 0 bridgehead atoms. The molecule has 9 heteroatoms. The number of anilines is 1. The molecule has 1 aromatic rings. The van der Waals surface area contributed by atoms with Crippen LogP contribution in [0.4, 0.5) is 5.69 Å². The van der Waals surface area contributed by atoms with Crippen molar-refractivity contribution in [1.82, 2.24) is 4.90 Å². The van der Waals surface area contributed by atoms with Crippen molar-refractivity contribution in [2.45, 2.75) is 12.5 Å². The van der Waals surface area contributed by atoms with Crippen molar-refractivity contribution in [3.05, 3.63) is 29.8 Å². The lowest BCUT2D eigenvalue weighted by molar-refractivity contribution is -0.134. The maximum Gasteiger partial charge on any atom is 0.340 e. The van der Waals surface area contributed by atoms with E-state index >= 15 is 0 Å². The fraction of sp³-hybridized carbons (Fsp3) is 0.500. The van der Waals surface area contributed by atoms with Gasteiger partial charge in [-0.25, -0.2) is 13.2 Å². The van der Waals surface area contributed by atoms with Crippen molar-refractivity contribution in [2.75, 3.05) is 43.6 Å². The topological polar surface area (TPSA) is 113 Å². The van der Waals surface area contributed by atoms with Crippen molar-refractivity contribution in [2.24, 2.45) is 0 Å². The summed E-state index contributed by atoms with van der Waals surface area (Å²) in [5, 5.41) is 11.8. The molecule has 1 amide bonds. The van der Waals surface area contributed by atoms with Crippen LogP contribution in [0.3, 0.4) is 0 Å². The molecule has 25 heavy (non-hydrogen) atoms. The Labute approximate surface area is 146 Å². The zero-order valence-electron chi connectivity index (χ0n) is 14.0. The van der Waals surface area contributed by atoms with Gasteiger partial charge >= 0.3 is 5.97 Å². The van der Waals surface area contributed by atoms with Gasteiger partial charge in [0.05, 0.1) is 23.7 Å². The van der Waals surface area contributed by atoms with Crippen molar-refractivity contribution in [3.63, 3.8) is 0 Å². The minimum atomic E-state index is -3.09. The van der Waals surface area contributed by atoms with E-state index in [1.54, 1.807) is 24.3 Å². The first-order chi connectivity index (χ1) is 11.8. The number of benzene rings is 1. The molecular formula is C16H22N2O6S. The van der Waals surface area contributed by atoms with Gasteiger partial charge in [-0.15, -0.1) is 0 Å². The van der Waals surface area contributed by atoms with Gasteiger partial charge in [-0.3, -0.25) is 4.79 Å². The third kappa shape index (κ3) is 5.17. The molecule has 1 aliphatic heterocycles. The number of hydrogen-bond acceptors (Lipinski definition) is 7. The van der Waals surface area contributed by atoms with E-state index in [1.165, 1.54) is 11.9 Å². The van der Waals surface area contributed by atoms with E-state index in [0.717, 1.165) is 0 Å². The highest BCUT2D eigenvalue weighted by Gasteiger charge is 2.33. The lowest BCUT2D eigenvalue weighted by atomic mass is 10.2. The molecule has 1 saturated heterocycles. The fourth-order valence-electron chi connectivity index (χ4n) is 2.60. The number of sulfone groups is 1. The minimum Gasteiger partial charge on any atom is -0.452 e. The van der Waals surface area contributed by atoms with Gasteiger partial charge in [-0.1, -0.05) is 12.1 Å². The normalized spacial score (nSPS) is 18.6. The molecule has 1 fully saturated rings. The highest BCUT2D eigenvalue weighted by molar-refractivity contribution is 7.91. The second-order valence-electron chi connectivity index (χ2n) is 5.83. The van der Waals surface area contributed by atoms with Crippen molar-refractivity contribution in [1.29, 1.82) is 0 Å². The molecule has 0 unspecified atom stereocenters. The van der Waals surface area contributed by atoms with Gasteiger partial charge in [0.25, 0.3) is 5.91 Å². The summed E-state index contributed by atoms with van der Waals surface area (Å²) >= 11 is 0. The summed E-state index contributed by atoms with van der Waals surface area (Å²) in [5.41, 5.74) is 0.763. The summed E-state index contributed by atoms with van der Waals surface area (Å²) in [4.78, 5) is 25.7. The third-order valence-electron chi connectivity index (χ3n) is 4.05. The summed E-state index contributed by atoms with van der Waals surface area (Å²) in [5.74, 6) is -1.10. The molecule has 0 radical (unpaired) electrons. The maximum absolute atomic E-state index is 12.2. The molecule has 2 N–H and O–H groups in total. The Bertz CT molecular complexity index is 734. The second kappa shape index (κ2) is 8.30. The predicted molar refractivity (Wildman–Crippen MR) is 92.1 cm³/mol. The Balaban J connectivity index is 1.92. The highest BCUT2D eigenvalue weighted by atomic mass is 32.2. The number of aliphatic hydroxyl groups excluding tert-OH is 1. The van der Waals surface area contributed by atoms with Crippen LogP contribution >= 0.6 is 0 Å². The number of nitrogens with zero attached hydrogens (tertiary/aromatic N) is 1. The molecule has 1 heterocycles. The molecule has 8 nitrogen and oxygen atoms in total. The Kier molecular flexibility index (Phi) is 6.38. The minimum absolute atomic E-state index is 0.0584. The number of ether oxygens (including phenoxy) is 1. The Morgan fingerprint density at radius 1 is 1.36 bits per heavy atom. The lowest BCUT2D eigenvalue weighted by Gasteiger charge is -2.23. The quantitative estimate of drug-likeness (QED) is 0.644. The summed E-state index contributed by atoms with van der Waals surface area (Å²) in [6, 6.07) is 6.24. The molecule has 1 aromatic carbocycles. The average molecular weight is 370 g/mol. The van der Waals surface area contributed by atoms with Crippen LogP contribution in [0.25, 0.3) is 0 Å². The molecule has 0 aliphatic carbocycles. The van der Waals surface area contributed by atoms with Crippen LogP contribution in [-0.2, 0) is 19.4 Å². The van der Waals surface area contributed by atoms with Crippen LogP contribution in [0, 0.1) is 0 Å². The number of likely N-dealkylation sites (N-methyl/N-ethyl adjacent to an activating group) is 1. The average Bonchev–Trinajstić information content (AvgIpc) is 2.97. The molecule has 1 aliphatic rings. The van der Waals surface area contributed by atoms with Crippen LogP contribution in [0.15, 0.2) is 24.3 Å². The van der Waals surface area contributed by atoms with Gasteiger partial charge in [-0.05, 0) is 18.6 Å². The van der Waals surface area contributed by atoms with E-state index in [-0.39, 0.29) is 36.3 Å². The van der Waals surface area contributed by atoms with E-state index in [9.17, 15) is 18.0 Å². The zero-order valence-corrected chi connectivity index (χ0v) is 14.8. The standard InChI is InChI=1S/C16H22N2O6S/c1-18(12-6-9-25(22,23)11-12)15(20)10-24-16(21)13-4-2-3-5-14(13)17-7-8-19/h2-5,12,17,19H,6-11H2,1H3/t12-/m0/s1. The number of para-hydroxylation sites is 1. The Morgan fingerprint density at radius 3 is 2.72 bits per heavy atom. The van der Waals surface area contributed by atoms with Gasteiger partial charge in [0.1, 0.15) is 0 Å². The van der Waals surface area contributed by atoms with E-state index in [0.29, 0.717) is 12.1 Å². The van der Waals surface area contributed by atoms with Crippen molar-refractivity contribution >= 4 is 27.4 Å². The van der Waals surface area contributed by atoms with Gasteiger partial charge in [0.2, 0.25) is 0 Å². The van der Waals surface area contributed by atoms with Gasteiger partial charge in [-0.2, -0.15) is 0 Å². The fourth-order valence-corrected chi connectivity index (χ4v) is 4.37. The van der Waals surface area contributed by atoms with Gasteiger partial charge in [0, 0.05) is 25.3 Å². The van der Waals surface area contributed by atoms with Gasteiger partial charge in [0.15, 0.2) is 16.4 Å². The van der Waals surface area contributed by atoms with Gasteiger partial charge < -0.3 is 20.1 Å². The Morgan fingerprint density at radius 2 is 2.08 bits per heavy atom. The monoisotopic (exact) mass is 370 g/mol. The van der Waals surface area contributed by atoms with Crippen molar-refractivity contribution < 1.29 is 27.9 Å². The molecule has 138 valence electrons. The summed E-state index contributed by atoms with van der Waals surface area (Å²) < 4.78 is 28.1. The molecule has 0 aromatic heterocycles. The first kappa shape index (κ1) is 19.2. The van der Waals surface area contributed by atoms with Crippen LogP contribution in [-0.4, -0.2) is 74.7 Å². The molecule has 0 saturated carbocycles. The number of carbonyl (C=O) groups is 2. The number of esters is 1. The predicted octanol–water partition coefficient (Wildman–Crippen LogP) is -0.107. The number of nitrogens with one attached hydrogen (secondary N) is 1. The van der Waals surface area contributed by atoms with E-state index < -0.39 is 28.3 Å². The first-order valence-electron chi connectivity index (χ1n) is 7.91. The Hall–Kier alpha value is -2.13. The molecule has 2 rings (SSSR count). The number of rotatable bonds is 7. The number of carbonyl (C=O) groups excluding carboxylic acids is 2. The SMILES string of the molecule is CN(C(=O)COC(=O)c1ccccc1NCCO)[C@H]1CCS(=O)(=O)C1. The maximum atomic E-state index is 12.2. The number of aliphatic hydroxyl groups is 1. The summed E-state index contributed by atoms with van der Waals surface area (Å²) in [7, 11) is -1.58. The first-order valence-corrected chi connectivity index (χ1v) is 9.73. The number of hydrogen-bond donors (Lipinski definition) is 2. The van der Waals surface area contributed by atoms with Crippen LogP contribution < -0.4 is 5.32 Å². The molecular weight excluding hydrogens is 348 g/mol. The summed E-state index contributed by atoms with van der Waals surface area (Å²) in [6.45, 7) is -0.265. The summed E-state index contributed by atoms with van der Waals surface area (Å²) in [6.07, 6.45) is 0.395. The highest BCUT2D eigenvalue weighted by Crippen LogP contribution is 2.18. The molecule has 0 spiro atoms. The lowest BCUT2D eigenvalue weighted by Crippen LogP contribution is -2.40. The van der Waals surface area contributed by atoms with E-state index in [2.05, 4.69) is 5.32 Å². The zero-order chi connectivity index (χ0) is 18.4. The van der Waals surface area contributed by atoms with E-state index in [1.807, 2.05) is 0 Å². The third-order valence-corrected chi connectivity index (χ3v) is 5.80. The number of amides is 1. The smallest absolute Gasteiger partial charge is 0.340 e.